The molecule has 140 valence electrons. The summed E-state index contributed by atoms with van der Waals surface area (Å²) in [4.78, 5) is 22.6. The van der Waals surface area contributed by atoms with E-state index in [1.807, 2.05) is 41.3 Å². The van der Waals surface area contributed by atoms with Gasteiger partial charge in [-0.2, -0.15) is 0 Å². The Hall–Kier alpha value is -3.02. The average molecular weight is 365 g/mol. The number of ether oxygens (including phenoxy) is 2. The molecule has 2 heterocycles. The van der Waals surface area contributed by atoms with E-state index in [0.717, 1.165) is 42.0 Å². The van der Waals surface area contributed by atoms with Crippen LogP contribution in [0, 0.1) is 0 Å². The Bertz CT molecular complexity index is 887. The van der Waals surface area contributed by atoms with Crippen molar-refractivity contribution in [3.05, 3.63) is 54.4 Å². The fraction of sp³-hybridized carbons (Fsp3) is 0.333. The first-order valence-corrected chi connectivity index (χ1v) is 9.22. The van der Waals surface area contributed by atoms with Crippen LogP contribution >= 0.6 is 0 Å². The number of hydrogen-bond donors (Lipinski definition) is 1. The molecule has 0 unspecified atom stereocenters. The van der Waals surface area contributed by atoms with Crippen molar-refractivity contribution in [3.63, 3.8) is 0 Å². The molecular weight excluding hydrogens is 342 g/mol. The van der Waals surface area contributed by atoms with Crippen LogP contribution in [0.5, 0.6) is 11.5 Å². The van der Waals surface area contributed by atoms with Gasteiger partial charge in [0.15, 0.2) is 6.61 Å². The molecule has 1 amide bonds. The van der Waals surface area contributed by atoms with E-state index < -0.39 is 0 Å². The van der Waals surface area contributed by atoms with E-state index in [1.54, 1.807) is 19.2 Å². The summed E-state index contributed by atoms with van der Waals surface area (Å²) < 4.78 is 10.8. The highest BCUT2D eigenvalue weighted by atomic mass is 16.5. The molecule has 1 saturated heterocycles. The molecule has 1 aliphatic heterocycles. The fourth-order valence-corrected chi connectivity index (χ4v) is 3.50. The number of nitrogens with one attached hydrogen (secondary N) is 1. The van der Waals surface area contributed by atoms with Crippen LogP contribution in [0.1, 0.15) is 24.6 Å². The number of imidazole rings is 1. The summed E-state index contributed by atoms with van der Waals surface area (Å²) in [6, 6.07) is 15.3. The maximum Gasteiger partial charge on any atom is 0.260 e. The maximum absolute atomic E-state index is 12.6. The van der Waals surface area contributed by atoms with E-state index in [1.165, 1.54) is 0 Å². The molecule has 0 saturated carbocycles. The minimum atomic E-state index is 0.00614. The van der Waals surface area contributed by atoms with Gasteiger partial charge in [0, 0.05) is 19.0 Å². The molecule has 1 fully saturated rings. The van der Waals surface area contributed by atoms with Crippen LogP contribution in [-0.2, 0) is 4.79 Å². The van der Waals surface area contributed by atoms with Gasteiger partial charge in [-0.15, -0.1) is 0 Å². The van der Waals surface area contributed by atoms with Gasteiger partial charge < -0.3 is 19.4 Å². The molecule has 1 aliphatic rings. The first kappa shape index (κ1) is 17.4. The lowest BCUT2D eigenvalue weighted by Crippen LogP contribution is -2.41. The molecule has 1 N–H and O–H groups in total. The molecule has 6 heteroatoms. The van der Waals surface area contributed by atoms with Crippen molar-refractivity contribution in [2.45, 2.75) is 18.8 Å². The summed E-state index contributed by atoms with van der Waals surface area (Å²) >= 11 is 0. The van der Waals surface area contributed by atoms with Crippen LogP contribution in [0.15, 0.2) is 48.5 Å². The zero-order valence-electron chi connectivity index (χ0n) is 15.4. The molecule has 1 atom stereocenters. The van der Waals surface area contributed by atoms with E-state index >= 15 is 0 Å². The van der Waals surface area contributed by atoms with E-state index in [4.69, 9.17) is 14.5 Å². The lowest BCUT2D eigenvalue weighted by atomic mass is 9.97. The maximum atomic E-state index is 12.6. The Morgan fingerprint density at radius 2 is 1.96 bits per heavy atom. The number of amides is 1. The van der Waals surface area contributed by atoms with Gasteiger partial charge in [-0.3, -0.25) is 4.79 Å². The number of benzene rings is 2. The average Bonchev–Trinajstić information content (AvgIpc) is 3.17. The summed E-state index contributed by atoms with van der Waals surface area (Å²) in [5, 5.41) is 0. The molecule has 0 radical (unpaired) electrons. The topological polar surface area (TPSA) is 67.5 Å². The normalized spacial score (nSPS) is 17.1. The molecule has 0 spiro atoms. The van der Waals surface area contributed by atoms with Crippen molar-refractivity contribution in [2.75, 3.05) is 26.8 Å². The number of nitrogens with zero attached hydrogens (tertiary/aromatic N) is 2. The van der Waals surface area contributed by atoms with Crippen molar-refractivity contribution in [3.8, 4) is 11.5 Å². The summed E-state index contributed by atoms with van der Waals surface area (Å²) in [6.07, 6.45) is 2.00. The number of methoxy groups -OCH3 is 1. The highest BCUT2D eigenvalue weighted by Gasteiger charge is 2.27. The smallest absolute Gasteiger partial charge is 0.260 e. The first-order valence-electron chi connectivity index (χ1n) is 9.22. The second-order valence-corrected chi connectivity index (χ2v) is 6.78. The molecule has 3 aromatic rings. The lowest BCUT2D eigenvalue weighted by molar-refractivity contribution is -0.134. The predicted octanol–water partition coefficient (Wildman–Crippen LogP) is 3.36. The van der Waals surface area contributed by atoms with Gasteiger partial charge in [0.25, 0.3) is 5.91 Å². The van der Waals surface area contributed by atoms with Crippen LogP contribution in [0.25, 0.3) is 11.0 Å². The number of aromatic amines is 1. The van der Waals surface area contributed by atoms with Gasteiger partial charge in [-0.05, 0) is 49.2 Å². The van der Waals surface area contributed by atoms with Crippen molar-refractivity contribution < 1.29 is 14.3 Å². The Kier molecular flexibility index (Phi) is 4.96. The third kappa shape index (κ3) is 3.89. The van der Waals surface area contributed by atoms with Crippen molar-refractivity contribution in [1.82, 2.24) is 14.9 Å². The van der Waals surface area contributed by atoms with E-state index in [9.17, 15) is 4.79 Å². The van der Waals surface area contributed by atoms with Crippen LogP contribution in [0.2, 0.25) is 0 Å². The van der Waals surface area contributed by atoms with Gasteiger partial charge in [-0.1, -0.05) is 12.1 Å². The molecule has 4 rings (SSSR count). The summed E-state index contributed by atoms with van der Waals surface area (Å²) in [6.45, 7) is 1.48. The number of H-pyrrole nitrogens is 1. The highest BCUT2D eigenvalue weighted by Crippen LogP contribution is 2.27. The zero-order valence-corrected chi connectivity index (χ0v) is 15.4. The third-order valence-electron chi connectivity index (χ3n) is 4.99. The minimum absolute atomic E-state index is 0.00614. The second kappa shape index (κ2) is 7.70. The largest absolute Gasteiger partial charge is 0.497 e. The van der Waals surface area contributed by atoms with Gasteiger partial charge in [0.2, 0.25) is 0 Å². The third-order valence-corrected chi connectivity index (χ3v) is 4.99. The first-order chi connectivity index (χ1) is 13.2. The predicted molar refractivity (Wildman–Crippen MR) is 103 cm³/mol. The Labute approximate surface area is 158 Å². The molecule has 2 aromatic carbocycles. The summed E-state index contributed by atoms with van der Waals surface area (Å²) in [7, 11) is 1.62. The molecule has 27 heavy (non-hydrogen) atoms. The fourth-order valence-electron chi connectivity index (χ4n) is 3.50. The van der Waals surface area contributed by atoms with Gasteiger partial charge in [0.05, 0.1) is 18.1 Å². The number of aromatic nitrogens is 2. The molecule has 1 aromatic heterocycles. The monoisotopic (exact) mass is 365 g/mol. The van der Waals surface area contributed by atoms with Crippen LogP contribution in [-0.4, -0.2) is 47.6 Å². The Balaban J connectivity index is 1.37. The van der Waals surface area contributed by atoms with E-state index in [2.05, 4.69) is 4.98 Å². The van der Waals surface area contributed by atoms with Gasteiger partial charge >= 0.3 is 0 Å². The summed E-state index contributed by atoms with van der Waals surface area (Å²) in [5.74, 6) is 2.63. The Morgan fingerprint density at radius 3 is 2.74 bits per heavy atom. The van der Waals surface area contributed by atoms with Crippen LogP contribution in [0.4, 0.5) is 0 Å². The van der Waals surface area contributed by atoms with Crippen molar-refractivity contribution >= 4 is 16.9 Å². The second-order valence-electron chi connectivity index (χ2n) is 6.78. The number of rotatable bonds is 5. The van der Waals surface area contributed by atoms with Crippen LogP contribution in [0.3, 0.4) is 0 Å². The number of fused-ring (bicyclic) bond motifs is 1. The number of piperidine rings is 1. The highest BCUT2D eigenvalue weighted by molar-refractivity contribution is 5.78. The standard InChI is InChI=1S/C21H23N3O3/c1-26-16-8-10-17(11-9-16)27-14-20(25)24-12-4-5-15(13-24)21-22-18-6-2-3-7-19(18)23-21/h2-3,6-11,15H,4-5,12-14H2,1H3,(H,22,23)/t15-/m0/s1. The Morgan fingerprint density at radius 1 is 1.19 bits per heavy atom. The van der Waals surface area contributed by atoms with Gasteiger partial charge in [-0.25, -0.2) is 4.98 Å². The molecule has 6 nitrogen and oxygen atoms in total. The van der Waals surface area contributed by atoms with E-state index in [-0.39, 0.29) is 18.4 Å². The number of carbonyl (C=O) groups is 1. The zero-order chi connectivity index (χ0) is 18.6. The van der Waals surface area contributed by atoms with Crippen LogP contribution < -0.4 is 9.47 Å². The number of likely N-dealkylation sites (tertiary alicyclic amines) is 1. The molecule has 0 aliphatic carbocycles. The van der Waals surface area contributed by atoms with Crippen molar-refractivity contribution in [1.29, 1.82) is 0 Å². The number of carbonyl (C=O) groups excluding carboxylic acids is 1. The lowest BCUT2D eigenvalue weighted by Gasteiger charge is -2.31. The number of hydrogen-bond acceptors (Lipinski definition) is 4. The van der Waals surface area contributed by atoms with Crippen molar-refractivity contribution in [2.24, 2.45) is 0 Å². The van der Waals surface area contributed by atoms with Gasteiger partial charge in [0.1, 0.15) is 17.3 Å². The van der Waals surface area contributed by atoms with E-state index in [0.29, 0.717) is 12.3 Å². The summed E-state index contributed by atoms with van der Waals surface area (Å²) in [5.41, 5.74) is 2.01. The number of para-hydroxylation sites is 2. The molecular formula is C21H23N3O3. The molecule has 0 bridgehead atoms. The SMILES string of the molecule is COc1ccc(OCC(=O)N2CCC[C@H](c3nc4ccccc4[nH]3)C2)cc1. The quantitative estimate of drug-likeness (QED) is 0.753. The minimum Gasteiger partial charge on any atom is -0.497 e.